The van der Waals surface area contributed by atoms with Crippen LogP contribution in [0, 0.1) is 13.8 Å². The summed E-state index contributed by atoms with van der Waals surface area (Å²) in [6.45, 7) is 16.4. The van der Waals surface area contributed by atoms with Crippen LogP contribution in [-0.4, -0.2) is 50.3 Å². The van der Waals surface area contributed by atoms with E-state index in [1.54, 1.807) is 95.3 Å². The van der Waals surface area contributed by atoms with E-state index in [9.17, 15) is 32.3 Å². The predicted molar refractivity (Wildman–Crippen MR) is 237 cm³/mol. The molecule has 0 spiro atoms. The quantitative estimate of drug-likeness (QED) is 0.0765. The molecule has 2 N–H and O–H groups in total. The fourth-order valence-electron chi connectivity index (χ4n) is 7.03. The van der Waals surface area contributed by atoms with Crippen LogP contribution in [0.15, 0.2) is 84.9 Å². The molecule has 0 fully saturated rings. The summed E-state index contributed by atoms with van der Waals surface area (Å²) in [4.78, 5) is 33.5. The number of aliphatic carboxylic acids is 1. The zero-order valence-corrected chi connectivity index (χ0v) is 38.7. The van der Waals surface area contributed by atoms with Crippen molar-refractivity contribution in [3.05, 3.63) is 129 Å². The summed E-state index contributed by atoms with van der Waals surface area (Å²) >= 11 is 12.1. The maximum atomic E-state index is 13.3. The number of esters is 1. The number of aromatic nitrogens is 2. The van der Waals surface area contributed by atoms with Crippen LogP contribution in [-0.2, 0) is 23.8 Å². The van der Waals surface area contributed by atoms with Crippen LogP contribution in [0.1, 0.15) is 107 Å². The summed E-state index contributed by atoms with van der Waals surface area (Å²) in [7, 11) is 0. The minimum atomic E-state index is -2.70. The molecule has 0 amide bonds. The Labute approximate surface area is 391 Å². The minimum Gasteiger partial charge on any atom is -0.870 e. The molecule has 0 unspecified atom stereocenters. The van der Waals surface area contributed by atoms with E-state index in [4.69, 9.17) is 37.4 Å². The van der Waals surface area contributed by atoms with Crippen molar-refractivity contribution in [2.75, 3.05) is 6.61 Å². The van der Waals surface area contributed by atoms with Crippen LogP contribution in [0.3, 0.4) is 0 Å². The summed E-state index contributed by atoms with van der Waals surface area (Å²) in [5.74, 6) is -1.66. The molecule has 2 atom stereocenters. The predicted octanol–water partition coefficient (Wildman–Crippen LogP) is 10.8. The molecular formula is C48H49Cl2F4LiN2O7. The Morgan fingerprint density at radius 3 is 1.33 bits per heavy atom. The van der Waals surface area contributed by atoms with Crippen molar-refractivity contribution >= 4 is 56.9 Å². The molecular weight excluding hydrogens is 870 g/mol. The van der Waals surface area contributed by atoms with Crippen LogP contribution >= 0.6 is 23.2 Å². The second kappa shape index (κ2) is 22.1. The third kappa shape index (κ3) is 13.0. The number of alkyl halides is 4. The van der Waals surface area contributed by atoms with Gasteiger partial charge in [-0.3, -0.25) is 0 Å². The van der Waals surface area contributed by atoms with Gasteiger partial charge in [0.1, 0.15) is 11.4 Å². The van der Waals surface area contributed by atoms with Crippen LogP contribution in [0.25, 0.3) is 44.1 Å². The molecule has 0 saturated carbocycles. The number of carboxylic acids is 1. The Hall–Kier alpha value is -4.58. The number of nitrogens with zero attached hydrogens (tertiary/aromatic N) is 2. The molecule has 0 aliphatic rings. The van der Waals surface area contributed by atoms with Crippen molar-refractivity contribution in [2.24, 2.45) is 0 Å². The Balaban J connectivity index is 0.000000331. The van der Waals surface area contributed by atoms with Crippen LogP contribution in [0.4, 0.5) is 17.6 Å². The Morgan fingerprint density at radius 2 is 1.00 bits per heavy atom. The number of carbonyl (C=O) groups is 2. The monoisotopic (exact) mass is 918 g/mol. The first kappa shape index (κ1) is 53.8. The first-order valence-corrected chi connectivity index (χ1v) is 20.5. The molecule has 6 aromatic rings. The Bertz CT molecular complexity index is 2590. The van der Waals surface area contributed by atoms with Gasteiger partial charge in [0.2, 0.25) is 0 Å². The number of hydrogen-bond acceptors (Lipinski definition) is 8. The van der Waals surface area contributed by atoms with Gasteiger partial charge in [0.15, 0.2) is 12.2 Å². The molecule has 2 heterocycles. The standard InChI is InChI=1S/C25H26ClF2NO3.C23H22ClF2NO3.Li.H2O/c1-6-31-24(30)22(32-25(3,4)5)20-14(2)13-19-17(11-12-18(29-19)23(27)28)21(20)15-7-9-16(26)10-8-15;1-12-11-17-15(9-10-16(27-17)21(25)26)19(13-5-7-14(24)8-6-13)18(12)20(22(28)29)30-23(2,3)4;;/h7-13,22-23H,6H2,1-5H3;5-11,20-21H,1-4H3,(H,28,29);;1H2/q;;+1;/p-1/t22-;20-;;/m00../s1. The van der Waals surface area contributed by atoms with Gasteiger partial charge in [0, 0.05) is 31.9 Å². The number of aryl methyl sites for hydroxylation is 2. The van der Waals surface area contributed by atoms with E-state index < -0.39 is 48.2 Å². The fourth-order valence-corrected chi connectivity index (χ4v) is 7.28. The van der Waals surface area contributed by atoms with E-state index in [2.05, 4.69) is 9.97 Å². The first-order chi connectivity index (χ1) is 29.0. The number of rotatable bonds is 11. The van der Waals surface area contributed by atoms with Crippen molar-refractivity contribution in [3.8, 4) is 22.3 Å². The molecule has 0 aliphatic heterocycles. The number of pyridine rings is 2. The third-order valence-electron chi connectivity index (χ3n) is 9.43. The van der Waals surface area contributed by atoms with Gasteiger partial charge in [0.25, 0.3) is 12.9 Å². The number of ether oxygens (including phenoxy) is 3. The molecule has 16 heteroatoms. The zero-order valence-electron chi connectivity index (χ0n) is 37.2. The second-order valence-corrected chi connectivity index (χ2v) is 17.4. The van der Waals surface area contributed by atoms with E-state index in [-0.39, 0.29) is 42.3 Å². The first-order valence-electron chi connectivity index (χ1n) is 19.7. The second-order valence-electron chi connectivity index (χ2n) is 16.5. The average molecular weight is 920 g/mol. The minimum absolute atomic E-state index is 0. The summed E-state index contributed by atoms with van der Waals surface area (Å²) in [6.07, 6.45) is -7.66. The number of hydrogen-bond donors (Lipinski definition) is 1. The molecule has 6 rings (SSSR count). The van der Waals surface area contributed by atoms with Gasteiger partial charge < -0.3 is 24.8 Å². The number of fused-ring (bicyclic) bond motifs is 2. The van der Waals surface area contributed by atoms with Gasteiger partial charge in [-0.15, -0.1) is 0 Å². The van der Waals surface area contributed by atoms with Gasteiger partial charge in [-0.2, -0.15) is 0 Å². The van der Waals surface area contributed by atoms with E-state index >= 15 is 0 Å². The molecule has 0 saturated heterocycles. The number of halogens is 6. The maximum absolute atomic E-state index is 13.3. The zero-order chi connectivity index (χ0) is 45.8. The van der Waals surface area contributed by atoms with E-state index in [0.717, 1.165) is 5.56 Å². The van der Waals surface area contributed by atoms with E-state index in [1.165, 1.54) is 12.1 Å². The largest absolute Gasteiger partial charge is 1.00 e. The van der Waals surface area contributed by atoms with Crippen molar-refractivity contribution in [1.82, 2.24) is 9.97 Å². The number of carboxylic acid groups (broad SMARTS) is 1. The molecule has 4 aromatic carbocycles. The average Bonchev–Trinajstić information content (AvgIpc) is 3.18. The van der Waals surface area contributed by atoms with Gasteiger partial charge >= 0.3 is 30.8 Å². The van der Waals surface area contributed by atoms with Crippen molar-refractivity contribution in [3.63, 3.8) is 0 Å². The number of benzene rings is 4. The van der Waals surface area contributed by atoms with Crippen LogP contribution < -0.4 is 18.9 Å². The van der Waals surface area contributed by atoms with Gasteiger partial charge in [-0.1, -0.05) is 59.6 Å². The SMILES string of the molecule is CCOC(=O)[C@@H](OC(C)(C)C)c1c(C)cc2nc(C(F)F)ccc2c1-c1ccc(Cl)cc1.Cc1cc2nc(C(F)F)ccc2c(-c2ccc(Cl)cc2)c1[C@H](OC(C)(C)C)C(=O)O.[Li+].[OH-]. The van der Waals surface area contributed by atoms with Crippen LogP contribution in [0.2, 0.25) is 10.0 Å². The molecule has 9 nitrogen and oxygen atoms in total. The fraction of sp³-hybridized carbons (Fsp3) is 0.333. The molecule has 336 valence electrons. The Kier molecular flexibility index (Phi) is 18.5. The van der Waals surface area contributed by atoms with E-state index in [0.29, 0.717) is 70.8 Å². The topological polar surface area (TPSA) is 138 Å². The summed E-state index contributed by atoms with van der Waals surface area (Å²) in [5.41, 5.74) is 3.80. The number of carbonyl (C=O) groups excluding carboxylic acids is 1. The van der Waals surface area contributed by atoms with Crippen LogP contribution in [0.5, 0.6) is 0 Å². The van der Waals surface area contributed by atoms with Gasteiger partial charge in [0.05, 0.1) is 28.8 Å². The summed E-state index contributed by atoms with van der Waals surface area (Å²) in [6, 6.07) is 23.1. The van der Waals surface area contributed by atoms with Crippen molar-refractivity contribution in [2.45, 2.75) is 98.6 Å². The Morgan fingerprint density at radius 1 is 0.641 bits per heavy atom. The molecule has 64 heavy (non-hydrogen) atoms. The summed E-state index contributed by atoms with van der Waals surface area (Å²) in [5, 5.41) is 12.2. The smallest absolute Gasteiger partial charge is 0.870 e. The molecule has 0 radical (unpaired) electrons. The maximum Gasteiger partial charge on any atom is 1.00 e. The molecule has 0 aliphatic carbocycles. The molecule has 2 aromatic heterocycles. The summed E-state index contributed by atoms with van der Waals surface area (Å²) < 4.78 is 70.4. The molecule has 0 bridgehead atoms. The van der Waals surface area contributed by atoms with E-state index in [1.807, 2.05) is 39.8 Å². The normalized spacial score (nSPS) is 12.6. The third-order valence-corrected chi connectivity index (χ3v) is 9.94. The van der Waals surface area contributed by atoms with Gasteiger partial charge in [-0.05, 0) is 144 Å². The van der Waals surface area contributed by atoms with Gasteiger partial charge in [-0.25, -0.2) is 37.1 Å². The van der Waals surface area contributed by atoms with Crippen molar-refractivity contribution in [1.29, 1.82) is 0 Å². The van der Waals surface area contributed by atoms with Crippen molar-refractivity contribution < 1.29 is 70.8 Å².